The minimum atomic E-state index is -0.229. The Bertz CT molecular complexity index is 1280. The number of anilines is 1. The second-order valence-corrected chi connectivity index (χ2v) is 10.1. The minimum absolute atomic E-state index is 0.00436. The van der Waals surface area contributed by atoms with E-state index in [0.29, 0.717) is 12.1 Å². The lowest BCUT2D eigenvalue weighted by atomic mass is 9.90. The van der Waals surface area contributed by atoms with E-state index in [9.17, 15) is 9.18 Å². The summed E-state index contributed by atoms with van der Waals surface area (Å²) in [6.07, 6.45) is 14.3. The topological polar surface area (TPSA) is 20.3 Å². The van der Waals surface area contributed by atoms with Gasteiger partial charge in [0.05, 0.1) is 0 Å². The van der Waals surface area contributed by atoms with E-state index in [1.807, 2.05) is 93.4 Å². The second kappa shape index (κ2) is 17.1. The van der Waals surface area contributed by atoms with Crippen LogP contribution in [-0.4, -0.2) is 12.8 Å². The van der Waals surface area contributed by atoms with Gasteiger partial charge < -0.3 is 4.90 Å². The van der Waals surface area contributed by atoms with Crippen LogP contribution in [0.15, 0.2) is 86.0 Å². The largest absolute Gasteiger partial charge is 0.370 e. The number of allylic oxidation sites excluding steroid dienone is 2. The van der Waals surface area contributed by atoms with Crippen LogP contribution in [0.25, 0.3) is 23.3 Å². The van der Waals surface area contributed by atoms with Gasteiger partial charge in [-0.2, -0.15) is 0 Å². The highest BCUT2D eigenvalue weighted by atomic mass is 19.1. The summed E-state index contributed by atoms with van der Waals surface area (Å²) in [7, 11) is 1.93. The van der Waals surface area contributed by atoms with Crippen LogP contribution >= 0.6 is 0 Å². The first-order valence-electron chi connectivity index (χ1n) is 14.4. The molecule has 3 aromatic rings. The Morgan fingerprint density at radius 1 is 0.975 bits per heavy atom. The number of carbonyl (C=O) groups is 1. The highest BCUT2D eigenvalue weighted by Gasteiger charge is 2.10. The van der Waals surface area contributed by atoms with Crippen LogP contribution in [0.1, 0.15) is 75.1 Å². The number of ketones is 1. The first-order chi connectivity index (χ1) is 19.3. The number of benzene rings is 3. The smallest absolute Gasteiger partial charge is 0.152 e. The number of rotatable bonds is 8. The highest BCUT2D eigenvalue weighted by molar-refractivity contribution is 5.91. The standard InChI is InChI=1S/C27H26FNO.C8H14.C2H6/c1-5-22-16-23(12-9-19(22)2)24-13-14-25(27(28)17-24)18-29(4)26-8-6-7-21(15-26)11-10-20(3)30;1-2-8-6-4-3-5-7-8;1-2/h5-17H,1,18H2,2-4H3;2,8H,1,3-7H2;1-2H3/b11-10+;;. The Kier molecular flexibility index (Phi) is 13.9. The van der Waals surface area contributed by atoms with Crippen molar-refractivity contribution in [2.75, 3.05) is 11.9 Å². The van der Waals surface area contributed by atoms with Crippen molar-refractivity contribution < 1.29 is 9.18 Å². The number of halogens is 1. The maximum Gasteiger partial charge on any atom is 0.152 e. The van der Waals surface area contributed by atoms with Crippen molar-refractivity contribution in [1.82, 2.24) is 0 Å². The molecule has 1 saturated carbocycles. The fraction of sp³-hybridized carbons (Fsp3) is 0.324. The van der Waals surface area contributed by atoms with Crippen LogP contribution in [-0.2, 0) is 11.3 Å². The summed E-state index contributed by atoms with van der Waals surface area (Å²) in [6, 6.07) is 19.3. The zero-order valence-electron chi connectivity index (χ0n) is 25.1. The fourth-order valence-electron chi connectivity index (χ4n) is 4.69. The van der Waals surface area contributed by atoms with Gasteiger partial charge in [-0.05, 0) is 90.8 Å². The molecule has 0 atom stereocenters. The summed E-state index contributed by atoms with van der Waals surface area (Å²) in [6.45, 7) is 15.6. The third-order valence-corrected chi connectivity index (χ3v) is 7.10. The van der Waals surface area contributed by atoms with Crippen molar-refractivity contribution in [3.8, 4) is 11.1 Å². The van der Waals surface area contributed by atoms with E-state index in [0.717, 1.165) is 39.4 Å². The Morgan fingerprint density at radius 2 is 1.65 bits per heavy atom. The molecule has 0 unspecified atom stereocenters. The average molecular weight is 540 g/mol. The van der Waals surface area contributed by atoms with Gasteiger partial charge in [-0.25, -0.2) is 4.39 Å². The molecule has 0 radical (unpaired) electrons. The third-order valence-electron chi connectivity index (χ3n) is 7.10. The van der Waals surface area contributed by atoms with Gasteiger partial charge in [-0.15, -0.1) is 6.58 Å². The minimum Gasteiger partial charge on any atom is -0.370 e. The summed E-state index contributed by atoms with van der Waals surface area (Å²) >= 11 is 0. The summed E-state index contributed by atoms with van der Waals surface area (Å²) in [4.78, 5) is 13.1. The fourth-order valence-corrected chi connectivity index (χ4v) is 4.69. The normalized spacial score (nSPS) is 12.9. The molecule has 0 spiro atoms. The van der Waals surface area contributed by atoms with Gasteiger partial charge in [0.25, 0.3) is 0 Å². The molecule has 40 heavy (non-hydrogen) atoms. The monoisotopic (exact) mass is 539 g/mol. The van der Waals surface area contributed by atoms with E-state index in [1.54, 1.807) is 18.2 Å². The molecule has 212 valence electrons. The molecule has 0 saturated heterocycles. The molecule has 0 aliphatic heterocycles. The lowest BCUT2D eigenvalue weighted by Crippen LogP contribution is -2.17. The van der Waals surface area contributed by atoms with Gasteiger partial charge >= 0.3 is 0 Å². The van der Waals surface area contributed by atoms with Crippen LogP contribution in [0.5, 0.6) is 0 Å². The molecule has 0 aromatic heterocycles. The molecule has 0 amide bonds. The number of carbonyl (C=O) groups excluding carboxylic acids is 1. The zero-order valence-corrected chi connectivity index (χ0v) is 25.1. The van der Waals surface area contributed by atoms with E-state index in [1.165, 1.54) is 39.0 Å². The predicted octanol–water partition coefficient (Wildman–Crippen LogP) is 10.5. The SMILES string of the molecule is C=CC1CCCCC1.C=Cc1cc(-c2ccc(CN(C)c3cccc(/C=C/C(C)=O)c3)c(F)c2)ccc1C.CC. The molecular weight excluding hydrogens is 493 g/mol. The quantitative estimate of drug-likeness (QED) is 0.210. The van der Waals surface area contributed by atoms with Crippen LogP contribution < -0.4 is 4.90 Å². The lowest BCUT2D eigenvalue weighted by Gasteiger charge is -2.20. The summed E-state index contributed by atoms with van der Waals surface area (Å²) in [5.74, 6) is 0.626. The van der Waals surface area contributed by atoms with E-state index >= 15 is 0 Å². The molecular formula is C37H46FNO. The summed E-state index contributed by atoms with van der Waals surface area (Å²) < 4.78 is 14.9. The van der Waals surface area contributed by atoms with Crippen LogP contribution in [0.4, 0.5) is 10.1 Å². The van der Waals surface area contributed by atoms with Crippen LogP contribution in [0, 0.1) is 18.7 Å². The molecule has 3 aromatic carbocycles. The molecule has 2 nitrogen and oxygen atoms in total. The van der Waals surface area contributed by atoms with Gasteiger partial charge in [0.1, 0.15) is 5.82 Å². The van der Waals surface area contributed by atoms with Gasteiger partial charge in [0.15, 0.2) is 5.78 Å². The zero-order chi connectivity index (χ0) is 29.5. The Hall–Kier alpha value is -3.72. The number of hydrogen-bond acceptors (Lipinski definition) is 2. The van der Waals surface area contributed by atoms with Gasteiger partial charge in [0, 0.05) is 24.8 Å². The van der Waals surface area contributed by atoms with Crippen LogP contribution in [0.2, 0.25) is 0 Å². The molecule has 1 aliphatic rings. The Balaban J connectivity index is 0.000000475. The summed E-state index contributed by atoms with van der Waals surface area (Å²) in [5, 5.41) is 0. The number of nitrogens with zero attached hydrogens (tertiary/aromatic N) is 1. The molecule has 0 heterocycles. The molecule has 3 heteroatoms. The second-order valence-electron chi connectivity index (χ2n) is 10.1. The maximum atomic E-state index is 14.9. The maximum absolute atomic E-state index is 14.9. The van der Waals surface area contributed by atoms with E-state index < -0.39 is 0 Å². The van der Waals surface area contributed by atoms with Crippen LogP contribution in [0.3, 0.4) is 0 Å². The Morgan fingerprint density at radius 3 is 2.25 bits per heavy atom. The predicted molar refractivity (Wildman–Crippen MR) is 173 cm³/mol. The van der Waals surface area contributed by atoms with Gasteiger partial charge in [0.2, 0.25) is 0 Å². The van der Waals surface area contributed by atoms with E-state index in [-0.39, 0.29) is 11.6 Å². The third kappa shape index (κ3) is 10.1. The van der Waals surface area contributed by atoms with Crippen molar-refractivity contribution in [3.63, 3.8) is 0 Å². The van der Waals surface area contributed by atoms with Gasteiger partial charge in [-0.3, -0.25) is 4.79 Å². The van der Waals surface area contributed by atoms with Crippen molar-refractivity contribution in [2.45, 2.75) is 66.3 Å². The first-order valence-corrected chi connectivity index (χ1v) is 14.4. The highest BCUT2D eigenvalue weighted by Crippen LogP contribution is 2.27. The molecule has 4 rings (SSSR count). The van der Waals surface area contributed by atoms with Crippen molar-refractivity contribution in [1.29, 1.82) is 0 Å². The van der Waals surface area contributed by atoms with E-state index in [2.05, 4.69) is 19.2 Å². The number of aryl methyl sites for hydroxylation is 1. The molecule has 0 bridgehead atoms. The van der Waals surface area contributed by atoms with E-state index in [4.69, 9.17) is 0 Å². The first kappa shape index (κ1) is 32.5. The van der Waals surface area contributed by atoms with Crippen molar-refractivity contribution >= 4 is 23.6 Å². The molecule has 1 fully saturated rings. The lowest BCUT2D eigenvalue weighted by molar-refractivity contribution is -0.112. The molecule has 0 N–H and O–H groups in total. The number of hydrogen-bond donors (Lipinski definition) is 0. The molecule has 1 aliphatic carbocycles. The van der Waals surface area contributed by atoms with Crippen molar-refractivity contribution in [3.05, 3.63) is 114 Å². The van der Waals surface area contributed by atoms with Crippen molar-refractivity contribution in [2.24, 2.45) is 5.92 Å². The Labute approximate surface area is 242 Å². The summed E-state index contributed by atoms with van der Waals surface area (Å²) in [5.41, 5.74) is 6.53. The average Bonchev–Trinajstić information content (AvgIpc) is 2.99. The van der Waals surface area contributed by atoms with Gasteiger partial charge in [-0.1, -0.05) is 94.3 Å².